The van der Waals surface area contributed by atoms with Gasteiger partial charge in [0.05, 0.1) is 6.54 Å². The van der Waals surface area contributed by atoms with Crippen LogP contribution in [0.4, 0.5) is 9.18 Å². The molecule has 3 nitrogen and oxygen atoms in total. The van der Waals surface area contributed by atoms with Crippen molar-refractivity contribution in [2.24, 2.45) is 0 Å². The van der Waals surface area contributed by atoms with Crippen LogP contribution in [0.25, 0.3) is 6.08 Å². The number of hydrogen-bond donors (Lipinski definition) is 1. The SMILES string of the molecule is O=C(O)N1CCC(=Cc2ccccc2)C(F)C1. The Morgan fingerprint density at radius 2 is 2.12 bits per heavy atom. The zero-order chi connectivity index (χ0) is 12.3. The van der Waals surface area contributed by atoms with Gasteiger partial charge in [0.25, 0.3) is 0 Å². The van der Waals surface area contributed by atoms with E-state index >= 15 is 0 Å². The minimum Gasteiger partial charge on any atom is -0.465 e. The summed E-state index contributed by atoms with van der Waals surface area (Å²) in [6.45, 7) is 0.308. The topological polar surface area (TPSA) is 40.5 Å². The van der Waals surface area contributed by atoms with Crippen LogP contribution >= 0.6 is 0 Å². The lowest BCUT2D eigenvalue weighted by molar-refractivity contribution is 0.124. The van der Waals surface area contributed by atoms with Crippen molar-refractivity contribution >= 4 is 12.2 Å². The van der Waals surface area contributed by atoms with Gasteiger partial charge in [-0.15, -0.1) is 0 Å². The molecule has 1 atom stereocenters. The van der Waals surface area contributed by atoms with Crippen molar-refractivity contribution in [2.75, 3.05) is 13.1 Å². The monoisotopic (exact) mass is 235 g/mol. The van der Waals surface area contributed by atoms with Gasteiger partial charge in [0.1, 0.15) is 6.17 Å². The Bertz CT molecular complexity index is 430. The van der Waals surface area contributed by atoms with Crippen molar-refractivity contribution in [3.63, 3.8) is 0 Å². The highest BCUT2D eigenvalue weighted by atomic mass is 19.1. The maximum atomic E-state index is 13.8. The predicted octanol–water partition coefficient (Wildman–Crippen LogP) is 2.79. The van der Waals surface area contributed by atoms with E-state index in [9.17, 15) is 9.18 Å². The molecule has 0 bridgehead atoms. The molecule has 17 heavy (non-hydrogen) atoms. The molecule has 1 unspecified atom stereocenters. The van der Waals surface area contributed by atoms with Gasteiger partial charge in [-0.2, -0.15) is 0 Å². The molecule has 4 heteroatoms. The van der Waals surface area contributed by atoms with Crippen molar-refractivity contribution in [1.82, 2.24) is 4.90 Å². The zero-order valence-corrected chi connectivity index (χ0v) is 9.34. The standard InChI is InChI=1S/C13H14FNO2/c14-12-9-15(13(16)17)7-6-11(12)8-10-4-2-1-3-5-10/h1-5,8,12H,6-7,9H2,(H,16,17). The summed E-state index contributed by atoms with van der Waals surface area (Å²) in [5, 5.41) is 8.77. The number of piperidine rings is 1. The van der Waals surface area contributed by atoms with E-state index < -0.39 is 12.3 Å². The average Bonchev–Trinajstić information content (AvgIpc) is 2.33. The van der Waals surface area contributed by atoms with E-state index in [1.165, 1.54) is 0 Å². The molecule has 1 N–H and O–H groups in total. The van der Waals surface area contributed by atoms with Crippen molar-refractivity contribution in [1.29, 1.82) is 0 Å². The van der Waals surface area contributed by atoms with Crippen LogP contribution in [-0.2, 0) is 0 Å². The first-order chi connectivity index (χ1) is 8.16. The van der Waals surface area contributed by atoms with Crippen LogP contribution in [0, 0.1) is 0 Å². The Morgan fingerprint density at radius 3 is 2.71 bits per heavy atom. The largest absolute Gasteiger partial charge is 0.465 e. The van der Waals surface area contributed by atoms with Gasteiger partial charge in [-0.1, -0.05) is 36.4 Å². The third-order valence-electron chi connectivity index (χ3n) is 2.88. The Morgan fingerprint density at radius 1 is 1.41 bits per heavy atom. The van der Waals surface area contributed by atoms with Crippen LogP contribution in [0.3, 0.4) is 0 Å². The van der Waals surface area contributed by atoms with Gasteiger partial charge < -0.3 is 10.0 Å². The first-order valence-electron chi connectivity index (χ1n) is 5.54. The van der Waals surface area contributed by atoms with E-state index in [4.69, 9.17) is 5.11 Å². The van der Waals surface area contributed by atoms with Crippen LogP contribution in [0.5, 0.6) is 0 Å². The number of carbonyl (C=O) groups is 1. The first-order valence-corrected chi connectivity index (χ1v) is 5.54. The van der Waals surface area contributed by atoms with Crippen molar-refractivity contribution in [2.45, 2.75) is 12.6 Å². The van der Waals surface area contributed by atoms with E-state index in [1.54, 1.807) is 0 Å². The second-order valence-electron chi connectivity index (χ2n) is 4.08. The van der Waals surface area contributed by atoms with Crippen molar-refractivity contribution in [3.05, 3.63) is 41.5 Å². The molecule has 0 spiro atoms. The quantitative estimate of drug-likeness (QED) is 0.813. The van der Waals surface area contributed by atoms with E-state index in [0.717, 1.165) is 10.5 Å². The molecule has 0 saturated carbocycles. The summed E-state index contributed by atoms with van der Waals surface area (Å²) in [4.78, 5) is 11.8. The molecule has 90 valence electrons. The lowest BCUT2D eigenvalue weighted by atomic mass is 9.99. The van der Waals surface area contributed by atoms with E-state index in [-0.39, 0.29) is 6.54 Å². The summed E-state index contributed by atoms with van der Waals surface area (Å²) in [5.41, 5.74) is 1.63. The highest BCUT2D eigenvalue weighted by Crippen LogP contribution is 2.22. The molecule has 1 aliphatic heterocycles. The van der Waals surface area contributed by atoms with Crippen LogP contribution < -0.4 is 0 Å². The number of rotatable bonds is 1. The number of benzene rings is 1. The summed E-state index contributed by atoms with van der Waals surface area (Å²) >= 11 is 0. The van der Waals surface area contributed by atoms with Gasteiger partial charge in [-0.05, 0) is 17.6 Å². The number of carboxylic acid groups (broad SMARTS) is 1. The van der Waals surface area contributed by atoms with Crippen LogP contribution in [0.2, 0.25) is 0 Å². The second-order valence-corrected chi connectivity index (χ2v) is 4.08. The Kier molecular flexibility index (Phi) is 3.42. The second kappa shape index (κ2) is 4.99. The minimum absolute atomic E-state index is 0.0615. The third kappa shape index (κ3) is 2.84. The molecule has 0 radical (unpaired) electrons. The molecule has 2 rings (SSSR count). The molecule has 1 aromatic carbocycles. The van der Waals surface area contributed by atoms with Gasteiger partial charge in [-0.3, -0.25) is 0 Å². The van der Waals surface area contributed by atoms with Crippen LogP contribution in [0.15, 0.2) is 35.9 Å². The smallest absolute Gasteiger partial charge is 0.407 e. The van der Waals surface area contributed by atoms with E-state index in [1.807, 2.05) is 36.4 Å². The van der Waals surface area contributed by atoms with Gasteiger partial charge in [-0.25, -0.2) is 9.18 Å². The molecule has 1 saturated heterocycles. The zero-order valence-electron chi connectivity index (χ0n) is 9.34. The Labute approximate surface area is 99.2 Å². The fourth-order valence-corrected chi connectivity index (χ4v) is 1.92. The lowest BCUT2D eigenvalue weighted by Gasteiger charge is -2.28. The van der Waals surface area contributed by atoms with Gasteiger partial charge >= 0.3 is 6.09 Å². The Balaban J connectivity index is 2.09. The van der Waals surface area contributed by atoms with Crippen LogP contribution in [0.1, 0.15) is 12.0 Å². The lowest BCUT2D eigenvalue weighted by Crippen LogP contribution is -2.41. The molecule has 1 amide bonds. The maximum Gasteiger partial charge on any atom is 0.407 e. The molecular formula is C13H14FNO2. The van der Waals surface area contributed by atoms with Crippen molar-refractivity contribution < 1.29 is 14.3 Å². The molecule has 0 aromatic heterocycles. The predicted molar refractivity (Wildman–Crippen MR) is 63.5 cm³/mol. The number of halogens is 1. The minimum atomic E-state index is -1.19. The first kappa shape index (κ1) is 11.6. The summed E-state index contributed by atoms with van der Waals surface area (Å²) < 4.78 is 13.8. The third-order valence-corrected chi connectivity index (χ3v) is 2.88. The number of nitrogens with zero attached hydrogens (tertiary/aromatic N) is 1. The van der Waals surface area contributed by atoms with Crippen LogP contribution in [-0.4, -0.2) is 35.4 Å². The highest BCUT2D eigenvalue weighted by Gasteiger charge is 2.26. The van der Waals surface area contributed by atoms with Gasteiger partial charge in [0.2, 0.25) is 0 Å². The highest BCUT2D eigenvalue weighted by molar-refractivity contribution is 5.66. The molecule has 1 heterocycles. The molecule has 0 aliphatic carbocycles. The number of hydrogen-bond acceptors (Lipinski definition) is 1. The summed E-state index contributed by atoms with van der Waals surface area (Å²) in [7, 11) is 0. The number of likely N-dealkylation sites (tertiary alicyclic amines) is 1. The van der Waals surface area contributed by atoms with Gasteiger partial charge in [0, 0.05) is 6.54 Å². The Hall–Kier alpha value is -1.84. The number of alkyl halides is 1. The average molecular weight is 235 g/mol. The molecule has 1 aromatic rings. The van der Waals surface area contributed by atoms with E-state index in [2.05, 4.69) is 0 Å². The van der Waals surface area contributed by atoms with Gasteiger partial charge in [0.15, 0.2) is 0 Å². The summed E-state index contributed by atoms with van der Waals surface area (Å²) in [6.07, 6.45) is 0.0260. The molecule has 1 aliphatic rings. The normalized spacial score (nSPS) is 22.8. The van der Waals surface area contributed by atoms with E-state index in [0.29, 0.717) is 18.5 Å². The maximum absolute atomic E-state index is 13.8. The van der Waals surface area contributed by atoms with Crippen molar-refractivity contribution in [3.8, 4) is 0 Å². The fourth-order valence-electron chi connectivity index (χ4n) is 1.92. The molecular weight excluding hydrogens is 221 g/mol. The fraction of sp³-hybridized carbons (Fsp3) is 0.308. The summed E-state index contributed by atoms with van der Waals surface area (Å²) in [6, 6.07) is 9.51. The molecule has 1 fully saturated rings. The number of amides is 1. The summed E-state index contributed by atoms with van der Waals surface area (Å²) in [5.74, 6) is 0.